The lowest BCUT2D eigenvalue weighted by molar-refractivity contribution is -0.139. The van der Waals surface area contributed by atoms with Crippen LogP contribution in [-0.4, -0.2) is 42.9 Å². The fraction of sp³-hybridized carbons (Fsp3) is 0.467. The van der Waals surface area contributed by atoms with Crippen molar-refractivity contribution in [3.8, 4) is 0 Å². The summed E-state index contributed by atoms with van der Waals surface area (Å²) in [6.07, 6.45) is 2.50. The van der Waals surface area contributed by atoms with Crippen LogP contribution >= 0.6 is 35.6 Å². The normalized spacial score (nSPS) is 17.3. The fourth-order valence-electron chi connectivity index (χ4n) is 2.56. The molecule has 0 spiro atoms. The van der Waals surface area contributed by atoms with Crippen LogP contribution in [0.5, 0.6) is 0 Å². The second-order valence-electron chi connectivity index (χ2n) is 5.24. The first kappa shape index (κ1) is 20.0. The van der Waals surface area contributed by atoms with Crippen LogP contribution in [0.15, 0.2) is 18.2 Å². The molecule has 1 heterocycles. The number of benzene rings is 1. The topological polar surface area (TPSA) is 61.4 Å². The molecule has 1 saturated heterocycles. The van der Waals surface area contributed by atoms with Crippen molar-refractivity contribution >= 4 is 53.1 Å². The van der Waals surface area contributed by atoms with Crippen molar-refractivity contribution in [3.05, 3.63) is 28.2 Å². The first-order valence-corrected chi connectivity index (χ1v) is 7.98. The van der Waals surface area contributed by atoms with E-state index in [0.717, 1.165) is 12.8 Å². The van der Waals surface area contributed by atoms with E-state index in [2.05, 4.69) is 10.6 Å². The zero-order valence-corrected chi connectivity index (χ0v) is 15.1. The Bertz CT molecular complexity index is 569. The molecular formula is C15H20Cl3N3O2. The highest BCUT2D eigenvalue weighted by molar-refractivity contribution is 6.36. The molecule has 0 saturated carbocycles. The molecule has 2 rings (SSSR count). The lowest BCUT2D eigenvalue weighted by Gasteiger charge is -2.34. The van der Waals surface area contributed by atoms with Crippen LogP contribution in [0.1, 0.15) is 19.3 Å². The fourth-order valence-corrected chi connectivity index (χ4v) is 3.02. The summed E-state index contributed by atoms with van der Waals surface area (Å²) in [6.45, 7) is 0.832. The Morgan fingerprint density at radius 1 is 1.30 bits per heavy atom. The number of anilines is 1. The van der Waals surface area contributed by atoms with Crippen LogP contribution in [0.3, 0.4) is 0 Å². The number of hydrogen-bond acceptors (Lipinski definition) is 3. The van der Waals surface area contributed by atoms with E-state index in [-0.39, 0.29) is 30.8 Å². The van der Waals surface area contributed by atoms with Crippen molar-refractivity contribution in [2.45, 2.75) is 25.3 Å². The third-order valence-electron chi connectivity index (χ3n) is 3.64. The van der Waals surface area contributed by atoms with Gasteiger partial charge in [0.1, 0.15) is 6.04 Å². The van der Waals surface area contributed by atoms with Crippen LogP contribution in [0.4, 0.5) is 5.69 Å². The molecule has 1 aromatic carbocycles. The summed E-state index contributed by atoms with van der Waals surface area (Å²) in [5.41, 5.74) is 0.502. The third kappa shape index (κ3) is 5.24. The van der Waals surface area contributed by atoms with Crippen molar-refractivity contribution in [3.63, 3.8) is 0 Å². The summed E-state index contributed by atoms with van der Waals surface area (Å²) in [6, 6.07) is 4.43. The summed E-state index contributed by atoms with van der Waals surface area (Å²) >= 11 is 11.9. The highest BCUT2D eigenvalue weighted by Crippen LogP contribution is 2.26. The van der Waals surface area contributed by atoms with Crippen molar-refractivity contribution in [1.82, 2.24) is 10.2 Å². The molecule has 0 bridgehead atoms. The molecule has 0 aliphatic carbocycles. The number of piperidine rings is 1. The molecule has 128 valence electrons. The molecule has 1 atom stereocenters. The van der Waals surface area contributed by atoms with Crippen LogP contribution < -0.4 is 10.6 Å². The first-order chi connectivity index (χ1) is 10.5. The van der Waals surface area contributed by atoms with Gasteiger partial charge in [-0.05, 0) is 44.5 Å². The Balaban J connectivity index is 0.00000264. The smallest absolute Gasteiger partial charge is 0.247 e. The van der Waals surface area contributed by atoms with Gasteiger partial charge in [-0.1, -0.05) is 23.2 Å². The number of likely N-dealkylation sites (N-methyl/N-ethyl adjacent to an activating group) is 1. The summed E-state index contributed by atoms with van der Waals surface area (Å²) in [5, 5.41) is 6.51. The Hall–Kier alpha value is -1.01. The maximum absolute atomic E-state index is 12.5. The zero-order chi connectivity index (χ0) is 16.1. The van der Waals surface area contributed by atoms with Gasteiger partial charge in [-0.2, -0.15) is 0 Å². The molecule has 1 aromatic rings. The van der Waals surface area contributed by atoms with Crippen LogP contribution in [0.25, 0.3) is 0 Å². The highest BCUT2D eigenvalue weighted by atomic mass is 35.5. The quantitative estimate of drug-likeness (QED) is 0.844. The van der Waals surface area contributed by atoms with Crippen molar-refractivity contribution in [1.29, 1.82) is 0 Å². The van der Waals surface area contributed by atoms with E-state index in [4.69, 9.17) is 23.2 Å². The standard InChI is InChI=1S/C15H19Cl2N3O2.ClH/c1-18-9-14(21)20-7-3-2-4-13(20)15(22)19-12-6-5-10(16)8-11(12)17;/h5-6,8,13,18H,2-4,7,9H2,1H3,(H,19,22);1H. The molecule has 1 aliphatic rings. The van der Waals surface area contributed by atoms with Gasteiger partial charge in [-0.3, -0.25) is 9.59 Å². The van der Waals surface area contributed by atoms with E-state index >= 15 is 0 Å². The molecule has 1 unspecified atom stereocenters. The van der Waals surface area contributed by atoms with Gasteiger partial charge in [0.15, 0.2) is 0 Å². The molecule has 8 heteroatoms. The average molecular weight is 381 g/mol. The molecule has 1 aliphatic heterocycles. The second kappa shape index (κ2) is 9.33. The zero-order valence-electron chi connectivity index (χ0n) is 12.8. The molecule has 1 fully saturated rings. The van der Waals surface area contributed by atoms with Crippen molar-refractivity contribution in [2.75, 3.05) is 25.5 Å². The Morgan fingerprint density at radius 2 is 2.04 bits per heavy atom. The minimum atomic E-state index is -0.457. The van der Waals surface area contributed by atoms with Gasteiger partial charge in [0.05, 0.1) is 17.3 Å². The molecule has 23 heavy (non-hydrogen) atoms. The third-order valence-corrected chi connectivity index (χ3v) is 4.19. The number of nitrogens with zero attached hydrogens (tertiary/aromatic N) is 1. The lowest BCUT2D eigenvalue weighted by Crippen LogP contribution is -2.52. The second-order valence-corrected chi connectivity index (χ2v) is 6.09. The Labute approximate surface area is 152 Å². The van der Waals surface area contributed by atoms with E-state index in [0.29, 0.717) is 28.7 Å². The number of carbonyl (C=O) groups is 2. The minimum absolute atomic E-state index is 0. The van der Waals surface area contributed by atoms with E-state index in [9.17, 15) is 9.59 Å². The maximum Gasteiger partial charge on any atom is 0.247 e. The number of hydrogen-bond donors (Lipinski definition) is 2. The summed E-state index contributed by atoms with van der Waals surface area (Å²) in [4.78, 5) is 26.3. The molecule has 2 N–H and O–H groups in total. The van der Waals surface area contributed by atoms with Crippen molar-refractivity contribution in [2.24, 2.45) is 0 Å². The van der Waals surface area contributed by atoms with Gasteiger partial charge >= 0.3 is 0 Å². The van der Waals surface area contributed by atoms with Crippen molar-refractivity contribution < 1.29 is 9.59 Å². The van der Waals surface area contributed by atoms with E-state index in [1.54, 1.807) is 30.1 Å². The van der Waals surface area contributed by atoms with Gasteiger partial charge in [-0.15, -0.1) is 12.4 Å². The van der Waals surface area contributed by atoms with Gasteiger partial charge in [0.25, 0.3) is 0 Å². The first-order valence-electron chi connectivity index (χ1n) is 7.23. The largest absolute Gasteiger partial charge is 0.330 e. The molecule has 5 nitrogen and oxygen atoms in total. The highest BCUT2D eigenvalue weighted by Gasteiger charge is 2.31. The SMILES string of the molecule is CNCC(=O)N1CCCCC1C(=O)Nc1ccc(Cl)cc1Cl.Cl. The molecular weight excluding hydrogens is 361 g/mol. The average Bonchev–Trinajstić information content (AvgIpc) is 2.50. The number of likely N-dealkylation sites (tertiary alicyclic amines) is 1. The van der Waals surface area contributed by atoms with Crippen LogP contribution in [-0.2, 0) is 9.59 Å². The molecule has 0 aromatic heterocycles. The van der Waals surface area contributed by atoms with Crippen LogP contribution in [0.2, 0.25) is 10.0 Å². The number of carbonyl (C=O) groups excluding carboxylic acids is 2. The van der Waals surface area contributed by atoms with E-state index in [1.807, 2.05) is 0 Å². The monoisotopic (exact) mass is 379 g/mol. The van der Waals surface area contributed by atoms with E-state index in [1.165, 1.54) is 0 Å². The summed E-state index contributed by atoms with van der Waals surface area (Å²) in [7, 11) is 1.71. The molecule has 0 radical (unpaired) electrons. The number of halogens is 3. The predicted molar refractivity (Wildman–Crippen MR) is 95.6 cm³/mol. The van der Waals surface area contributed by atoms with Crippen LogP contribution in [0, 0.1) is 0 Å². The van der Waals surface area contributed by atoms with E-state index < -0.39 is 6.04 Å². The van der Waals surface area contributed by atoms with Gasteiger partial charge in [-0.25, -0.2) is 0 Å². The minimum Gasteiger partial charge on any atom is -0.330 e. The summed E-state index contributed by atoms with van der Waals surface area (Å²) < 4.78 is 0. The lowest BCUT2D eigenvalue weighted by atomic mass is 10.0. The Kier molecular flexibility index (Phi) is 8.12. The van der Waals surface area contributed by atoms with Gasteiger partial charge < -0.3 is 15.5 Å². The van der Waals surface area contributed by atoms with Gasteiger partial charge in [0, 0.05) is 11.6 Å². The number of amides is 2. The van der Waals surface area contributed by atoms with Gasteiger partial charge in [0.2, 0.25) is 11.8 Å². The summed E-state index contributed by atoms with van der Waals surface area (Å²) in [5.74, 6) is -0.280. The predicted octanol–water partition coefficient (Wildman–Crippen LogP) is 2.95. The Morgan fingerprint density at radius 3 is 2.70 bits per heavy atom. The maximum atomic E-state index is 12.5. The number of rotatable bonds is 4. The number of nitrogens with one attached hydrogen (secondary N) is 2. The molecule has 2 amide bonds.